The van der Waals surface area contributed by atoms with Gasteiger partial charge in [-0.1, -0.05) is 85.9 Å². The minimum atomic E-state index is -0.614. The number of hydrogen-bond acceptors (Lipinski definition) is 2. The first kappa shape index (κ1) is 24.5. The highest BCUT2D eigenvalue weighted by Crippen LogP contribution is 2.25. The summed E-state index contributed by atoms with van der Waals surface area (Å²) in [4.78, 5) is 18.7. The van der Waals surface area contributed by atoms with E-state index in [9.17, 15) is 9.18 Å². The second-order valence-corrected chi connectivity index (χ2v) is 9.84. The molecule has 0 N–H and O–H groups in total. The number of hydrogen-bond donors (Lipinski definition) is 0. The Kier molecular flexibility index (Phi) is 7.81. The van der Waals surface area contributed by atoms with Crippen molar-refractivity contribution in [1.82, 2.24) is 9.88 Å². The van der Waals surface area contributed by atoms with E-state index in [1.54, 1.807) is 17.0 Å². The Labute approximate surface area is 203 Å². The highest BCUT2D eigenvalue weighted by atomic mass is 35.5. The normalized spacial score (nSPS) is 11.5. The quantitative estimate of drug-likeness (QED) is 0.336. The maximum absolute atomic E-state index is 13.8. The number of carbonyl (C=O) groups is 1. The molecule has 0 aliphatic heterocycles. The van der Waals surface area contributed by atoms with Gasteiger partial charge in [-0.25, -0.2) is 9.37 Å². The molecule has 0 saturated heterocycles. The molecule has 168 valence electrons. The predicted octanol–water partition coefficient (Wildman–Crippen LogP) is 7.36. The van der Waals surface area contributed by atoms with Crippen LogP contribution < -0.4 is 0 Å². The van der Waals surface area contributed by atoms with Gasteiger partial charge in [-0.15, -0.1) is 0 Å². The summed E-state index contributed by atoms with van der Waals surface area (Å²) in [6.45, 7) is 7.16. The summed E-state index contributed by atoms with van der Waals surface area (Å²) < 4.78 is 13.8. The first-order chi connectivity index (χ1) is 15.0. The molecule has 32 heavy (non-hydrogen) atoms. The number of halogens is 4. The van der Waals surface area contributed by atoms with Crippen LogP contribution in [0.15, 0.2) is 54.7 Å². The van der Waals surface area contributed by atoms with Gasteiger partial charge in [0, 0.05) is 13.1 Å². The molecule has 0 aliphatic rings. The summed E-state index contributed by atoms with van der Waals surface area (Å²) in [5.74, 6) is -1.00. The standard InChI is InChI=1S/C25H24Cl3FN2O/c1-25(2,3)18-7-4-17(5-8-18)15-31(11-10-16-6-9-21(26)22(27)12-16)24(32)20-13-19(29)14-30-23(20)28/h4-9,12-14H,10-11,15H2,1-3H3. The monoisotopic (exact) mass is 492 g/mol. The van der Waals surface area contributed by atoms with Crippen LogP contribution in [0.3, 0.4) is 0 Å². The van der Waals surface area contributed by atoms with Crippen molar-refractivity contribution in [2.24, 2.45) is 0 Å². The second-order valence-electron chi connectivity index (χ2n) is 8.66. The number of carbonyl (C=O) groups excluding carboxylic acids is 1. The van der Waals surface area contributed by atoms with Crippen molar-refractivity contribution in [2.75, 3.05) is 6.54 Å². The Hall–Kier alpha value is -2.14. The van der Waals surface area contributed by atoms with Crippen LogP contribution in [0, 0.1) is 5.82 Å². The molecular weight excluding hydrogens is 470 g/mol. The van der Waals surface area contributed by atoms with Crippen molar-refractivity contribution in [3.05, 3.63) is 98.0 Å². The van der Waals surface area contributed by atoms with Crippen LogP contribution in [-0.2, 0) is 18.4 Å². The van der Waals surface area contributed by atoms with Crippen LogP contribution in [0.1, 0.15) is 47.8 Å². The molecular formula is C25H24Cl3FN2O. The molecule has 1 amide bonds. The Morgan fingerprint density at radius 2 is 1.62 bits per heavy atom. The predicted molar refractivity (Wildman–Crippen MR) is 129 cm³/mol. The van der Waals surface area contributed by atoms with E-state index in [0.717, 1.165) is 23.4 Å². The van der Waals surface area contributed by atoms with Crippen molar-refractivity contribution < 1.29 is 9.18 Å². The van der Waals surface area contributed by atoms with Gasteiger partial charge in [0.2, 0.25) is 0 Å². The number of amides is 1. The lowest BCUT2D eigenvalue weighted by Gasteiger charge is -2.24. The molecule has 0 spiro atoms. The maximum Gasteiger partial charge on any atom is 0.257 e. The summed E-state index contributed by atoms with van der Waals surface area (Å²) in [6.07, 6.45) is 1.54. The van der Waals surface area contributed by atoms with E-state index < -0.39 is 5.82 Å². The van der Waals surface area contributed by atoms with Crippen molar-refractivity contribution in [1.29, 1.82) is 0 Å². The van der Waals surface area contributed by atoms with Crippen LogP contribution in [0.2, 0.25) is 15.2 Å². The minimum Gasteiger partial charge on any atom is -0.334 e. The Morgan fingerprint density at radius 3 is 2.25 bits per heavy atom. The van der Waals surface area contributed by atoms with Crippen LogP contribution in [0.4, 0.5) is 4.39 Å². The molecule has 3 rings (SSSR count). The van der Waals surface area contributed by atoms with Gasteiger partial charge in [-0.3, -0.25) is 4.79 Å². The summed E-state index contributed by atoms with van der Waals surface area (Å²) in [6, 6.07) is 14.6. The van der Waals surface area contributed by atoms with Gasteiger partial charge in [-0.05, 0) is 46.7 Å². The number of aromatic nitrogens is 1. The highest BCUT2D eigenvalue weighted by molar-refractivity contribution is 6.42. The topological polar surface area (TPSA) is 33.2 Å². The largest absolute Gasteiger partial charge is 0.334 e. The second kappa shape index (κ2) is 10.2. The number of pyridine rings is 1. The Balaban J connectivity index is 1.86. The van der Waals surface area contributed by atoms with Gasteiger partial charge in [0.05, 0.1) is 21.8 Å². The van der Waals surface area contributed by atoms with Gasteiger partial charge >= 0.3 is 0 Å². The van der Waals surface area contributed by atoms with Crippen molar-refractivity contribution >= 4 is 40.7 Å². The van der Waals surface area contributed by atoms with E-state index in [4.69, 9.17) is 34.8 Å². The molecule has 0 unspecified atom stereocenters. The highest BCUT2D eigenvalue weighted by Gasteiger charge is 2.21. The third-order valence-electron chi connectivity index (χ3n) is 5.17. The van der Waals surface area contributed by atoms with Gasteiger partial charge < -0.3 is 4.90 Å². The van der Waals surface area contributed by atoms with Gasteiger partial charge in [0.1, 0.15) is 11.0 Å². The molecule has 1 aromatic heterocycles. The zero-order valence-corrected chi connectivity index (χ0v) is 20.4. The molecule has 0 radical (unpaired) electrons. The molecule has 0 atom stereocenters. The minimum absolute atomic E-state index is 0.0287. The molecule has 0 aliphatic carbocycles. The van der Waals surface area contributed by atoms with E-state index in [2.05, 4.69) is 37.9 Å². The molecule has 3 nitrogen and oxygen atoms in total. The van der Waals surface area contributed by atoms with Crippen molar-refractivity contribution in [3.8, 4) is 0 Å². The summed E-state index contributed by atoms with van der Waals surface area (Å²) in [7, 11) is 0. The lowest BCUT2D eigenvalue weighted by atomic mass is 9.87. The lowest BCUT2D eigenvalue weighted by Crippen LogP contribution is -2.33. The summed E-state index contributed by atoms with van der Waals surface area (Å²) in [5, 5.41) is 0.899. The summed E-state index contributed by atoms with van der Waals surface area (Å²) >= 11 is 18.2. The smallest absolute Gasteiger partial charge is 0.257 e. The third kappa shape index (κ3) is 6.22. The first-order valence-corrected chi connectivity index (χ1v) is 11.3. The number of benzene rings is 2. The zero-order valence-electron chi connectivity index (χ0n) is 18.1. The van der Waals surface area contributed by atoms with Crippen molar-refractivity contribution in [3.63, 3.8) is 0 Å². The average Bonchev–Trinajstić information content (AvgIpc) is 2.74. The van der Waals surface area contributed by atoms with Crippen molar-refractivity contribution in [2.45, 2.75) is 39.2 Å². The SMILES string of the molecule is CC(C)(C)c1ccc(CN(CCc2ccc(Cl)c(Cl)c2)C(=O)c2cc(F)cnc2Cl)cc1. The van der Waals surface area contributed by atoms with Gasteiger partial charge in [0.15, 0.2) is 0 Å². The fourth-order valence-electron chi connectivity index (χ4n) is 3.29. The molecule has 0 bridgehead atoms. The molecule has 0 fully saturated rings. The Bertz CT molecular complexity index is 1110. The maximum atomic E-state index is 13.8. The van der Waals surface area contributed by atoms with Crippen LogP contribution in [-0.4, -0.2) is 22.3 Å². The molecule has 7 heteroatoms. The van der Waals surface area contributed by atoms with E-state index in [0.29, 0.717) is 29.6 Å². The molecule has 2 aromatic carbocycles. The molecule has 3 aromatic rings. The number of nitrogens with zero attached hydrogens (tertiary/aromatic N) is 2. The first-order valence-electron chi connectivity index (χ1n) is 10.2. The van der Waals surface area contributed by atoms with Crippen LogP contribution in [0.5, 0.6) is 0 Å². The lowest BCUT2D eigenvalue weighted by molar-refractivity contribution is 0.0744. The average molecular weight is 494 g/mol. The number of rotatable bonds is 6. The fraction of sp³-hybridized carbons (Fsp3) is 0.280. The van der Waals surface area contributed by atoms with E-state index in [1.807, 2.05) is 18.2 Å². The van der Waals surface area contributed by atoms with Crippen LogP contribution in [0.25, 0.3) is 0 Å². The van der Waals surface area contributed by atoms with Gasteiger partial charge in [-0.2, -0.15) is 0 Å². The fourth-order valence-corrected chi connectivity index (χ4v) is 3.79. The van der Waals surface area contributed by atoms with E-state index in [1.165, 1.54) is 5.56 Å². The Morgan fingerprint density at radius 1 is 0.969 bits per heavy atom. The molecule has 1 heterocycles. The van der Waals surface area contributed by atoms with E-state index in [-0.39, 0.29) is 22.0 Å². The van der Waals surface area contributed by atoms with Crippen LogP contribution >= 0.6 is 34.8 Å². The summed E-state index contributed by atoms with van der Waals surface area (Å²) in [5.41, 5.74) is 3.16. The molecule has 0 saturated carbocycles. The van der Waals surface area contributed by atoms with E-state index >= 15 is 0 Å². The zero-order chi connectivity index (χ0) is 23.5. The third-order valence-corrected chi connectivity index (χ3v) is 6.21. The van der Waals surface area contributed by atoms with Gasteiger partial charge in [0.25, 0.3) is 5.91 Å².